The smallest absolute Gasteiger partial charge is 1.00 e. The van der Waals surface area contributed by atoms with E-state index in [0.717, 1.165) is 12.8 Å². The first kappa shape index (κ1) is 36.0. The summed E-state index contributed by atoms with van der Waals surface area (Å²) in [5.74, 6) is 0. The molecule has 0 fully saturated rings. The van der Waals surface area contributed by atoms with Crippen molar-refractivity contribution >= 4 is 0 Å². The van der Waals surface area contributed by atoms with Crippen LogP contribution in [0.15, 0.2) is 35.5 Å². The zero-order chi connectivity index (χ0) is 20.9. The van der Waals surface area contributed by atoms with E-state index in [1.807, 2.05) is 0 Å². The van der Waals surface area contributed by atoms with Gasteiger partial charge in [-0.3, -0.25) is 12.2 Å². The molecule has 2 rings (SSSR count). The maximum absolute atomic E-state index is 3.52. The van der Waals surface area contributed by atoms with Gasteiger partial charge in [0, 0.05) is 0 Å². The molecule has 0 saturated heterocycles. The molecule has 31 heavy (non-hydrogen) atoms. The molecule has 0 spiro atoms. The molecule has 0 aromatic carbocycles. The van der Waals surface area contributed by atoms with E-state index in [2.05, 4.69) is 78.0 Å². The molecule has 0 atom stereocenters. The fourth-order valence-electron chi connectivity index (χ4n) is 5.33. The van der Waals surface area contributed by atoms with Crippen LogP contribution in [0.4, 0.5) is 0 Å². The third-order valence-electron chi connectivity index (χ3n) is 6.80. The Hall–Kier alpha value is 0.423. The summed E-state index contributed by atoms with van der Waals surface area (Å²) in [6.45, 7) is 13.8. The van der Waals surface area contributed by atoms with Gasteiger partial charge in [-0.1, -0.05) is 67.2 Å². The summed E-state index contributed by atoms with van der Waals surface area (Å²) in [6.07, 6.45) is 31.2. The second-order valence-electron chi connectivity index (χ2n) is 8.66. The van der Waals surface area contributed by atoms with Gasteiger partial charge in [0.2, 0.25) is 0 Å². The van der Waals surface area contributed by atoms with Crippen LogP contribution in [0, 0.1) is 23.0 Å². The maximum atomic E-state index is 3.52. The summed E-state index contributed by atoms with van der Waals surface area (Å²) >= 11 is 0. The molecule has 176 valence electrons. The van der Waals surface area contributed by atoms with E-state index >= 15 is 0 Å². The molecule has 2 aliphatic carbocycles. The SMILES string of the molecule is CCCC(CC)(CCC)C1=[C-]CC=C1.CCCC(CC)(CCC)C1=[C-]CC=C1.[Cl-].[Cl-].[Zr+4]. The predicted octanol–water partition coefficient (Wildman–Crippen LogP) is 3.35. The van der Waals surface area contributed by atoms with Crippen molar-refractivity contribution in [2.75, 3.05) is 0 Å². The first-order valence-corrected chi connectivity index (χ1v) is 12.1. The van der Waals surface area contributed by atoms with Gasteiger partial charge in [-0.2, -0.15) is 12.2 Å². The summed E-state index contributed by atoms with van der Waals surface area (Å²) in [5.41, 5.74) is 3.86. The Labute approximate surface area is 226 Å². The summed E-state index contributed by atoms with van der Waals surface area (Å²) in [5, 5.41) is 0. The van der Waals surface area contributed by atoms with Crippen molar-refractivity contribution in [3.8, 4) is 0 Å². The van der Waals surface area contributed by atoms with Crippen molar-refractivity contribution in [1.29, 1.82) is 0 Å². The Balaban J connectivity index is -0.000000461. The fourth-order valence-corrected chi connectivity index (χ4v) is 5.33. The molecule has 0 aromatic heterocycles. The van der Waals surface area contributed by atoms with E-state index in [9.17, 15) is 0 Å². The van der Waals surface area contributed by atoms with Gasteiger partial charge in [0.25, 0.3) is 0 Å². The molecule has 0 radical (unpaired) electrons. The fraction of sp³-hybridized carbons (Fsp3) is 0.714. The average Bonchev–Trinajstić information content (AvgIpc) is 3.42. The first-order chi connectivity index (χ1) is 13.6. The van der Waals surface area contributed by atoms with Crippen molar-refractivity contribution in [2.45, 2.75) is 119 Å². The second kappa shape index (κ2) is 19.9. The second-order valence-corrected chi connectivity index (χ2v) is 8.66. The van der Waals surface area contributed by atoms with E-state index in [4.69, 9.17) is 0 Å². The Morgan fingerprint density at radius 1 is 0.613 bits per heavy atom. The Morgan fingerprint density at radius 3 is 1.06 bits per heavy atom. The van der Waals surface area contributed by atoms with Crippen LogP contribution in [0.25, 0.3) is 0 Å². The largest absolute Gasteiger partial charge is 4.00 e. The van der Waals surface area contributed by atoms with Gasteiger partial charge in [-0.05, 0) is 49.4 Å². The van der Waals surface area contributed by atoms with Gasteiger partial charge in [0.05, 0.1) is 0 Å². The molecular formula is C28H46Cl2Zr. The first-order valence-electron chi connectivity index (χ1n) is 12.1. The molecule has 0 heterocycles. The molecule has 0 N–H and O–H groups in total. The minimum atomic E-state index is 0. The van der Waals surface area contributed by atoms with Gasteiger partial charge < -0.3 is 24.8 Å². The van der Waals surface area contributed by atoms with Crippen molar-refractivity contribution in [1.82, 2.24) is 0 Å². The van der Waals surface area contributed by atoms with Crippen LogP contribution in [-0.4, -0.2) is 0 Å². The third-order valence-corrected chi connectivity index (χ3v) is 6.80. The monoisotopic (exact) mass is 542 g/mol. The molecule has 0 nitrogen and oxygen atoms in total. The molecule has 0 aliphatic heterocycles. The van der Waals surface area contributed by atoms with E-state index in [0.29, 0.717) is 10.8 Å². The van der Waals surface area contributed by atoms with Crippen LogP contribution in [0.3, 0.4) is 0 Å². The summed E-state index contributed by atoms with van der Waals surface area (Å²) in [4.78, 5) is 0. The number of halogens is 2. The molecule has 2 aliphatic rings. The predicted molar refractivity (Wildman–Crippen MR) is 126 cm³/mol. The Bertz CT molecular complexity index is 495. The van der Waals surface area contributed by atoms with Gasteiger partial charge in [-0.25, -0.2) is 23.3 Å². The van der Waals surface area contributed by atoms with Crippen LogP contribution in [0.5, 0.6) is 0 Å². The number of rotatable bonds is 12. The van der Waals surface area contributed by atoms with Crippen LogP contribution in [0.1, 0.15) is 119 Å². The quantitative estimate of drug-likeness (QED) is 0.331. The zero-order valence-electron chi connectivity index (χ0n) is 21.1. The van der Waals surface area contributed by atoms with Crippen molar-refractivity contribution in [3.63, 3.8) is 0 Å². The Kier molecular flexibility index (Phi) is 23.1. The van der Waals surface area contributed by atoms with Crippen LogP contribution < -0.4 is 24.8 Å². The van der Waals surface area contributed by atoms with Crippen LogP contribution in [0.2, 0.25) is 0 Å². The molecule has 0 aromatic rings. The van der Waals surface area contributed by atoms with E-state index in [1.54, 1.807) is 0 Å². The Morgan fingerprint density at radius 2 is 0.903 bits per heavy atom. The minimum Gasteiger partial charge on any atom is -1.00 e. The standard InChI is InChI=1S/2C14H23.2ClH.Zr/c2*1-4-11-14(6-3,12-5-2)13-9-7-8-10-13;;;/h2*7,9H,4-6,8,11-12H2,1-3H3;2*1H;/q2*-1;;;+4/p-2. The molecule has 0 bridgehead atoms. The van der Waals surface area contributed by atoms with Gasteiger partial charge in [0.1, 0.15) is 0 Å². The number of hydrogen-bond donors (Lipinski definition) is 0. The van der Waals surface area contributed by atoms with Crippen LogP contribution >= 0.6 is 0 Å². The zero-order valence-corrected chi connectivity index (χ0v) is 25.0. The van der Waals surface area contributed by atoms with Crippen molar-refractivity contribution in [2.24, 2.45) is 10.8 Å². The van der Waals surface area contributed by atoms with Gasteiger partial charge in [-0.15, -0.1) is 12.8 Å². The summed E-state index contributed by atoms with van der Waals surface area (Å²) < 4.78 is 0. The molecule has 0 unspecified atom stereocenters. The van der Waals surface area contributed by atoms with Gasteiger partial charge >= 0.3 is 26.2 Å². The normalized spacial score (nSPS) is 14.5. The molecule has 3 heteroatoms. The molecular weight excluding hydrogens is 498 g/mol. The molecule has 0 amide bonds. The summed E-state index contributed by atoms with van der Waals surface area (Å²) in [6, 6.07) is 0. The van der Waals surface area contributed by atoms with Crippen LogP contribution in [-0.2, 0) is 26.2 Å². The number of allylic oxidation sites excluding steroid dienone is 8. The maximum Gasteiger partial charge on any atom is 4.00 e. The molecule has 0 saturated carbocycles. The topological polar surface area (TPSA) is 0 Å². The average molecular weight is 545 g/mol. The van der Waals surface area contributed by atoms with E-state index in [-0.39, 0.29) is 51.0 Å². The van der Waals surface area contributed by atoms with Gasteiger partial charge in [0.15, 0.2) is 0 Å². The van der Waals surface area contributed by atoms with Crippen molar-refractivity contribution < 1.29 is 51.0 Å². The minimum absolute atomic E-state index is 0. The van der Waals surface area contributed by atoms with E-state index < -0.39 is 0 Å². The third kappa shape index (κ3) is 10.5. The summed E-state index contributed by atoms with van der Waals surface area (Å²) in [7, 11) is 0. The van der Waals surface area contributed by atoms with Crippen molar-refractivity contribution in [3.05, 3.63) is 47.6 Å². The van der Waals surface area contributed by atoms with E-state index in [1.165, 1.54) is 75.4 Å². The number of hydrogen-bond acceptors (Lipinski definition) is 0.